The van der Waals surface area contributed by atoms with E-state index in [0.29, 0.717) is 28.8 Å². The second-order valence-electron chi connectivity index (χ2n) is 4.11. The van der Waals surface area contributed by atoms with E-state index in [1.807, 2.05) is 6.92 Å². The molecular weight excluding hydrogens is 302 g/mol. The number of thiocarbonyl (C=S) groups is 1. The number of para-hydroxylation sites is 1. The SMILES string of the molecule is CCCC(C(=O)Nc1ccccc1SC(F)F)C(N)=S. The number of rotatable bonds is 7. The van der Waals surface area contributed by atoms with Crippen LogP contribution in [-0.2, 0) is 4.79 Å². The molecule has 0 aliphatic carbocycles. The summed E-state index contributed by atoms with van der Waals surface area (Å²) in [6.07, 6.45) is 1.29. The van der Waals surface area contributed by atoms with E-state index >= 15 is 0 Å². The Balaban J connectivity index is 2.86. The molecule has 0 aromatic heterocycles. The molecule has 0 spiro atoms. The van der Waals surface area contributed by atoms with Crippen LogP contribution in [0.2, 0.25) is 0 Å². The smallest absolute Gasteiger partial charge is 0.288 e. The van der Waals surface area contributed by atoms with Gasteiger partial charge in [0.2, 0.25) is 5.91 Å². The van der Waals surface area contributed by atoms with Gasteiger partial charge in [-0.1, -0.05) is 49.5 Å². The lowest BCUT2D eigenvalue weighted by Gasteiger charge is -2.16. The Morgan fingerprint density at radius 2 is 2.10 bits per heavy atom. The maximum atomic E-state index is 12.5. The first kappa shape index (κ1) is 16.8. The van der Waals surface area contributed by atoms with Crippen molar-refractivity contribution in [2.45, 2.75) is 30.4 Å². The highest BCUT2D eigenvalue weighted by Crippen LogP contribution is 2.31. The first-order valence-electron chi connectivity index (χ1n) is 6.09. The Hall–Kier alpha value is -1.21. The third kappa shape index (κ3) is 5.05. The van der Waals surface area contributed by atoms with Crippen LogP contribution >= 0.6 is 24.0 Å². The molecule has 1 aromatic rings. The van der Waals surface area contributed by atoms with Gasteiger partial charge in [0, 0.05) is 4.90 Å². The van der Waals surface area contributed by atoms with Crippen molar-refractivity contribution in [3.8, 4) is 0 Å². The molecule has 1 unspecified atom stereocenters. The molecule has 1 rings (SSSR count). The maximum Gasteiger partial charge on any atom is 0.288 e. The Morgan fingerprint density at radius 3 is 2.65 bits per heavy atom. The summed E-state index contributed by atoms with van der Waals surface area (Å²) in [4.78, 5) is 12.5. The largest absolute Gasteiger partial charge is 0.393 e. The average Bonchev–Trinajstić information content (AvgIpc) is 2.37. The summed E-state index contributed by atoms with van der Waals surface area (Å²) >= 11 is 5.26. The summed E-state index contributed by atoms with van der Waals surface area (Å²) < 4.78 is 24.9. The van der Waals surface area contributed by atoms with Crippen LogP contribution in [0.25, 0.3) is 0 Å². The zero-order valence-electron chi connectivity index (χ0n) is 10.9. The van der Waals surface area contributed by atoms with E-state index in [9.17, 15) is 13.6 Å². The van der Waals surface area contributed by atoms with Crippen LogP contribution in [0.1, 0.15) is 19.8 Å². The summed E-state index contributed by atoms with van der Waals surface area (Å²) in [5.41, 5.74) is 5.89. The molecule has 0 aliphatic rings. The highest BCUT2D eigenvalue weighted by molar-refractivity contribution is 7.99. The van der Waals surface area contributed by atoms with Crippen molar-refractivity contribution in [1.82, 2.24) is 0 Å². The minimum Gasteiger partial charge on any atom is -0.393 e. The van der Waals surface area contributed by atoms with Crippen LogP contribution in [-0.4, -0.2) is 16.7 Å². The molecule has 3 nitrogen and oxygen atoms in total. The van der Waals surface area contributed by atoms with Crippen molar-refractivity contribution in [2.75, 3.05) is 5.32 Å². The van der Waals surface area contributed by atoms with Gasteiger partial charge in [0.1, 0.15) is 0 Å². The van der Waals surface area contributed by atoms with Crippen molar-refractivity contribution in [3.05, 3.63) is 24.3 Å². The molecule has 1 amide bonds. The third-order valence-electron chi connectivity index (χ3n) is 2.60. The van der Waals surface area contributed by atoms with Crippen LogP contribution in [0.5, 0.6) is 0 Å². The van der Waals surface area contributed by atoms with E-state index in [-0.39, 0.29) is 10.9 Å². The molecule has 1 atom stereocenters. The highest BCUT2D eigenvalue weighted by Gasteiger charge is 2.21. The number of benzene rings is 1. The van der Waals surface area contributed by atoms with Crippen LogP contribution in [0.3, 0.4) is 0 Å². The van der Waals surface area contributed by atoms with Gasteiger partial charge in [-0.2, -0.15) is 8.78 Å². The van der Waals surface area contributed by atoms with Crippen molar-refractivity contribution in [1.29, 1.82) is 0 Å². The van der Waals surface area contributed by atoms with Gasteiger partial charge in [-0.15, -0.1) is 0 Å². The van der Waals surface area contributed by atoms with Crippen LogP contribution in [0, 0.1) is 5.92 Å². The monoisotopic (exact) mass is 318 g/mol. The van der Waals surface area contributed by atoms with Crippen LogP contribution in [0.4, 0.5) is 14.5 Å². The number of alkyl halides is 2. The van der Waals surface area contributed by atoms with Crippen molar-refractivity contribution in [2.24, 2.45) is 11.7 Å². The number of thioether (sulfide) groups is 1. The van der Waals surface area contributed by atoms with E-state index in [2.05, 4.69) is 5.32 Å². The molecule has 0 radical (unpaired) electrons. The van der Waals surface area contributed by atoms with E-state index in [4.69, 9.17) is 18.0 Å². The quantitative estimate of drug-likeness (QED) is 0.595. The topological polar surface area (TPSA) is 55.1 Å². The minimum atomic E-state index is -2.55. The fourth-order valence-electron chi connectivity index (χ4n) is 1.68. The molecular formula is C13H16F2N2OS2. The molecule has 110 valence electrons. The Bertz CT molecular complexity index is 483. The summed E-state index contributed by atoms with van der Waals surface area (Å²) in [6.45, 7) is 1.92. The number of hydrogen-bond acceptors (Lipinski definition) is 3. The molecule has 0 saturated carbocycles. The summed E-state index contributed by atoms with van der Waals surface area (Å²) in [7, 11) is 0. The molecule has 7 heteroatoms. The van der Waals surface area contributed by atoms with Crippen molar-refractivity contribution in [3.63, 3.8) is 0 Å². The van der Waals surface area contributed by atoms with Gasteiger partial charge in [0.25, 0.3) is 5.76 Å². The summed E-state index contributed by atoms with van der Waals surface area (Å²) in [6, 6.07) is 6.41. The molecule has 0 aliphatic heterocycles. The fourth-order valence-corrected chi connectivity index (χ4v) is 2.50. The Morgan fingerprint density at radius 1 is 1.45 bits per heavy atom. The number of nitrogens with one attached hydrogen (secondary N) is 1. The Kier molecular flexibility index (Phi) is 6.87. The zero-order valence-corrected chi connectivity index (χ0v) is 12.6. The van der Waals surface area contributed by atoms with Gasteiger partial charge < -0.3 is 11.1 Å². The van der Waals surface area contributed by atoms with Gasteiger partial charge in [0.15, 0.2) is 0 Å². The number of carbonyl (C=O) groups excluding carboxylic acids is 1. The second kappa shape index (κ2) is 8.16. The summed E-state index contributed by atoms with van der Waals surface area (Å²) in [5, 5.41) is 2.62. The Labute approximate surface area is 126 Å². The first-order valence-corrected chi connectivity index (χ1v) is 7.38. The lowest BCUT2D eigenvalue weighted by atomic mass is 10.0. The van der Waals surface area contributed by atoms with Gasteiger partial charge >= 0.3 is 0 Å². The van der Waals surface area contributed by atoms with E-state index in [1.54, 1.807) is 18.2 Å². The standard InChI is InChI=1S/C13H16F2N2OS2/c1-2-5-8(11(16)19)12(18)17-9-6-3-4-7-10(9)20-13(14)15/h3-4,6-8,13H,2,5H2,1H3,(H2,16,19)(H,17,18). The van der Waals surface area contributed by atoms with E-state index in [1.165, 1.54) is 6.07 Å². The lowest BCUT2D eigenvalue weighted by Crippen LogP contribution is -2.33. The van der Waals surface area contributed by atoms with E-state index < -0.39 is 11.7 Å². The number of halogens is 2. The number of amides is 1. The highest BCUT2D eigenvalue weighted by atomic mass is 32.2. The average molecular weight is 318 g/mol. The lowest BCUT2D eigenvalue weighted by molar-refractivity contribution is -0.118. The summed E-state index contributed by atoms with van der Waals surface area (Å²) in [5.74, 6) is -3.49. The number of carbonyl (C=O) groups is 1. The number of nitrogens with two attached hydrogens (primary N) is 1. The fraction of sp³-hybridized carbons (Fsp3) is 0.385. The van der Waals surface area contributed by atoms with Gasteiger partial charge in [-0.3, -0.25) is 4.79 Å². The maximum absolute atomic E-state index is 12.5. The van der Waals surface area contributed by atoms with E-state index in [0.717, 1.165) is 6.42 Å². The van der Waals surface area contributed by atoms with Crippen molar-refractivity contribution < 1.29 is 13.6 Å². The molecule has 1 aromatic carbocycles. The second-order valence-corrected chi connectivity index (χ2v) is 5.61. The van der Waals surface area contributed by atoms with Crippen LogP contribution < -0.4 is 11.1 Å². The molecule has 0 fully saturated rings. The predicted octanol–water partition coefficient (Wildman–Crippen LogP) is 3.64. The van der Waals surface area contributed by atoms with Gasteiger partial charge in [0.05, 0.1) is 16.6 Å². The minimum absolute atomic E-state index is 0.114. The number of anilines is 1. The molecule has 20 heavy (non-hydrogen) atoms. The van der Waals surface area contributed by atoms with Gasteiger partial charge in [-0.25, -0.2) is 0 Å². The molecule has 3 N–H and O–H groups in total. The van der Waals surface area contributed by atoms with Crippen molar-refractivity contribution >= 4 is 40.6 Å². The normalized spacial score (nSPS) is 12.2. The first-order chi connectivity index (χ1) is 9.45. The number of hydrogen-bond donors (Lipinski definition) is 2. The van der Waals surface area contributed by atoms with Crippen LogP contribution in [0.15, 0.2) is 29.2 Å². The molecule has 0 bridgehead atoms. The zero-order chi connectivity index (χ0) is 15.1. The molecule has 0 heterocycles. The van der Waals surface area contributed by atoms with Gasteiger partial charge in [-0.05, 0) is 18.6 Å². The molecule has 0 saturated heterocycles. The predicted molar refractivity (Wildman–Crippen MR) is 82.1 cm³/mol. The third-order valence-corrected chi connectivity index (χ3v) is 3.67.